The van der Waals surface area contributed by atoms with Crippen molar-refractivity contribution < 1.29 is 0 Å². The number of hydrogen-bond donors (Lipinski definition) is 1. The molecule has 0 aliphatic carbocycles. The fraction of sp³-hybridized carbons (Fsp3) is 0.231. The fourth-order valence-electron chi connectivity index (χ4n) is 1.48. The Morgan fingerprint density at radius 3 is 2.94 bits per heavy atom. The van der Waals surface area contributed by atoms with E-state index in [1.807, 2.05) is 11.8 Å². The number of benzene rings is 1. The van der Waals surface area contributed by atoms with Crippen molar-refractivity contribution in [2.45, 2.75) is 22.6 Å². The topological polar surface area (TPSA) is 12.0 Å². The Morgan fingerprint density at radius 1 is 1.35 bits per heavy atom. The summed E-state index contributed by atoms with van der Waals surface area (Å²) in [6.07, 6.45) is 0. The van der Waals surface area contributed by atoms with Crippen LogP contribution in [0.1, 0.15) is 12.5 Å². The summed E-state index contributed by atoms with van der Waals surface area (Å²) in [6, 6.07) is 10.7. The van der Waals surface area contributed by atoms with Crippen LogP contribution < -0.4 is 5.32 Å². The maximum Gasteiger partial charge on any atom is 0.0646 e. The van der Waals surface area contributed by atoms with Gasteiger partial charge in [-0.15, -0.1) is 11.3 Å². The van der Waals surface area contributed by atoms with Crippen LogP contribution in [0.15, 0.2) is 49.3 Å². The third-order valence-corrected chi connectivity index (χ3v) is 4.94. The van der Waals surface area contributed by atoms with Crippen LogP contribution in [0.25, 0.3) is 0 Å². The maximum absolute atomic E-state index is 3.53. The second-order valence-corrected chi connectivity index (χ2v) is 6.77. The van der Waals surface area contributed by atoms with E-state index in [1.165, 1.54) is 14.7 Å². The smallest absolute Gasteiger partial charge is 0.0646 e. The zero-order valence-corrected chi connectivity index (χ0v) is 12.8. The van der Waals surface area contributed by atoms with Gasteiger partial charge in [0, 0.05) is 15.9 Å². The summed E-state index contributed by atoms with van der Waals surface area (Å²) in [6.45, 7) is 4.04. The summed E-state index contributed by atoms with van der Waals surface area (Å²) in [7, 11) is 0. The van der Waals surface area contributed by atoms with E-state index in [0.717, 1.165) is 17.6 Å². The van der Waals surface area contributed by atoms with Crippen molar-refractivity contribution in [2.75, 3.05) is 6.54 Å². The highest BCUT2D eigenvalue weighted by molar-refractivity contribution is 9.10. The van der Waals surface area contributed by atoms with Gasteiger partial charge in [0.05, 0.1) is 4.21 Å². The molecular weight excluding hydrogens is 314 g/mol. The minimum absolute atomic E-state index is 0.920. The lowest BCUT2D eigenvalue weighted by Gasteiger charge is -2.09. The lowest BCUT2D eigenvalue weighted by molar-refractivity contribution is 0.717. The van der Waals surface area contributed by atoms with Gasteiger partial charge in [0.2, 0.25) is 0 Å². The van der Waals surface area contributed by atoms with Crippen LogP contribution in [-0.4, -0.2) is 6.54 Å². The molecule has 0 spiro atoms. The molecule has 17 heavy (non-hydrogen) atoms. The summed E-state index contributed by atoms with van der Waals surface area (Å²) in [5, 5.41) is 5.50. The van der Waals surface area contributed by atoms with Gasteiger partial charge in [-0.25, -0.2) is 0 Å². The zero-order valence-electron chi connectivity index (χ0n) is 9.57. The highest BCUT2D eigenvalue weighted by Gasteiger charge is 2.05. The van der Waals surface area contributed by atoms with Crippen molar-refractivity contribution in [2.24, 2.45) is 0 Å². The number of rotatable bonds is 5. The quantitative estimate of drug-likeness (QED) is 0.848. The van der Waals surface area contributed by atoms with E-state index in [0.29, 0.717) is 0 Å². The van der Waals surface area contributed by atoms with Gasteiger partial charge in [0.25, 0.3) is 0 Å². The third-order valence-electron chi connectivity index (χ3n) is 2.29. The summed E-state index contributed by atoms with van der Waals surface area (Å²) in [4.78, 5) is 1.33. The molecule has 0 aliphatic rings. The van der Waals surface area contributed by atoms with Gasteiger partial charge in [-0.2, -0.15) is 0 Å². The Morgan fingerprint density at radius 2 is 2.24 bits per heavy atom. The summed E-state index contributed by atoms with van der Waals surface area (Å²) < 4.78 is 2.48. The molecule has 2 aromatic rings. The first-order chi connectivity index (χ1) is 8.29. The van der Waals surface area contributed by atoms with E-state index < -0.39 is 0 Å². The van der Waals surface area contributed by atoms with Crippen LogP contribution in [0.3, 0.4) is 0 Å². The van der Waals surface area contributed by atoms with E-state index in [2.05, 4.69) is 63.9 Å². The van der Waals surface area contributed by atoms with Gasteiger partial charge in [-0.05, 0) is 41.8 Å². The van der Waals surface area contributed by atoms with Crippen molar-refractivity contribution in [1.82, 2.24) is 5.32 Å². The molecule has 1 N–H and O–H groups in total. The molecule has 0 atom stereocenters. The molecule has 1 aromatic carbocycles. The molecular formula is C13H14BrNS2. The first-order valence-electron chi connectivity index (χ1n) is 5.50. The Bertz CT molecular complexity index is 468. The number of hydrogen-bond acceptors (Lipinski definition) is 3. The molecule has 4 heteroatoms. The van der Waals surface area contributed by atoms with Crippen molar-refractivity contribution >= 4 is 39.0 Å². The third kappa shape index (κ3) is 3.85. The molecule has 0 unspecified atom stereocenters. The summed E-state index contributed by atoms with van der Waals surface area (Å²) >= 11 is 7.15. The molecule has 0 saturated carbocycles. The van der Waals surface area contributed by atoms with E-state index in [-0.39, 0.29) is 0 Å². The maximum atomic E-state index is 3.53. The van der Waals surface area contributed by atoms with E-state index in [9.17, 15) is 0 Å². The predicted octanol–water partition coefficient (Wildman–Crippen LogP) is 4.77. The van der Waals surface area contributed by atoms with Crippen LogP contribution in [0.2, 0.25) is 0 Å². The second kappa shape index (κ2) is 6.59. The van der Waals surface area contributed by atoms with Crippen molar-refractivity contribution in [3.63, 3.8) is 0 Å². The molecule has 0 bridgehead atoms. The van der Waals surface area contributed by atoms with Gasteiger partial charge in [-0.1, -0.05) is 40.7 Å². The van der Waals surface area contributed by atoms with Crippen molar-refractivity contribution in [3.05, 3.63) is 45.7 Å². The Balaban J connectivity index is 2.19. The van der Waals surface area contributed by atoms with E-state index in [4.69, 9.17) is 0 Å². The molecule has 0 fully saturated rings. The molecule has 1 aromatic heterocycles. The Labute approximate surface area is 119 Å². The minimum atomic E-state index is 0.920. The minimum Gasteiger partial charge on any atom is -0.313 e. The molecule has 0 aliphatic heterocycles. The van der Waals surface area contributed by atoms with Crippen LogP contribution in [0.4, 0.5) is 0 Å². The molecule has 1 heterocycles. The normalized spacial score (nSPS) is 10.7. The van der Waals surface area contributed by atoms with Crippen LogP contribution >= 0.6 is 39.0 Å². The number of nitrogens with one attached hydrogen (secondary N) is 1. The fourth-order valence-corrected chi connectivity index (χ4v) is 3.72. The Hall–Kier alpha value is -0.290. The first kappa shape index (κ1) is 13.1. The van der Waals surface area contributed by atoms with Gasteiger partial charge in [0.1, 0.15) is 0 Å². The van der Waals surface area contributed by atoms with Crippen LogP contribution in [0, 0.1) is 0 Å². The Kier molecular flexibility index (Phi) is 5.10. The number of halogens is 1. The molecule has 2 rings (SSSR count). The zero-order chi connectivity index (χ0) is 12.1. The lowest BCUT2D eigenvalue weighted by Crippen LogP contribution is -2.12. The van der Waals surface area contributed by atoms with Crippen LogP contribution in [0.5, 0.6) is 0 Å². The average Bonchev–Trinajstić information content (AvgIpc) is 2.82. The molecule has 0 amide bonds. The van der Waals surface area contributed by atoms with Crippen molar-refractivity contribution in [3.8, 4) is 0 Å². The van der Waals surface area contributed by atoms with Crippen LogP contribution in [-0.2, 0) is 6.54 Å². The molecule has 1 nitrogen and oxygen atoms in total. The second-order valence-electron chi connectivity index (χ2n) is 3.57. The largest absolute Gasteiger partial charge is 0.313 e. The standard InChI is InChI=1S/C13H14BrNS2/c1-2-15-9-10-8-11(14)5-6-12(10)17-13-4-3-7-16-13/h3-8,15H,2,9H2,1H3. The average molecular weight is 328 g/mol. The van der Waals surface area contributed by atoms with E-state index >= 15 is 0 Å². The summed E-state index contributed by atoms with van der Waals surface area (Å²) in [5.74, 6) is 0. The predicted molar refractivity (Wildman–Crippen MR) is 80.0 cm³/mol. The first-order valence-corrected chi connectivity index (χ1v) is 7.99. The van der Waals surface area contributed by atoms with Gasteiger partial charge in [-0.3, -0.25) is 0 Å². The van der Waals surface area contributed by atoms with Gasteiger partial charge in [0.15, 0.2) is 0 Å². The van der Waals surface area contributed by atoms with Gasteiger partial charge >= 0.3 is 0 Å². The summed E-state index contributed by atoms with van der Waals surface area (Å²) in [5.41, 5.74) is 1.35. The van der Waals surface area contributed by atoms with Crippen molar-refractivity contribution in [1.29, 1.82) is 0 Å². The van der Waals surface area contributed by atoms with Gasteiger partial charge < -0.3 is 5.32 Å². The lowest BCUT2D eigenvalue weighted by atomic mass is 10.2. The highest BCUT2D eigenvalue weighted by Crippen LogP contribution is 2.34. The van der Waals surface area contributed by atoms with E-state index in [1.54, 1.807) is 11.3 Å². The molecule has 0 radical (unpaired) electrons. The molecule has 0 saturated heterocycles. The highest BCUT2D eigenvalue weighted by atomic mass is 79.9. The number of thiophene rings is 1. The monoisotopic (exact) mass is 327 g/mol. The molecule has 90 valence electrons. The SMILES string of the molecule is CCNCc1cc(Br)ccc1Sc1cccs1.